The average molecular weight is 1040 g/mol. The van der Waals surface area contributed by atoms with Crippen LogP contribution in [0, 0.1) is 0 Å². The van der Waals surface area contributed by atoms with E-state index in [-0.39, 0.29) is 0 Å². The van der Waals surface area contributed by atoms with Crippen molar-refractivity contribution in [3.63, 3.8) is 0 Å². The molecule has 0 aromatic carbocycles. The van der Waals surface area contributed by atoms with Crippen LogP contribution < -0.4 is 5.73 Å². The summed E-state index contributed by atoms with van der Waals surface area (Å²) in [5.74, 6) is -84.4. The molecular formula is C26H24F26NO10P. The van der Waals surface area contributed by atoms with Crippen LogP contribution in [0.1, 0.15) is 38.5 Å². The Morgan fingerprint density at radius 2 is 0.797 bits per heavy atom. The average Bonchev–Trinajstić information content (AvgIpc) is 3.09. The van der Waals surface area contributed by atoms with Gasteiger partial charge in [0.15, 0.2) is 6.10 Å². The second-order valence-electron chi connectivity index (χ2n) is 12.5. The smallest absolute Gasteiger partial charge is 0.472 e. The van der Waals surface area contributed by atoms with E-state index in [1.165, 1.54) is 0 Å². The van der Waals surface area contributed by atoms with Gasteiger partial charge in [-0.05, 0) is 12.8 Å². The summed E-state index contributed by atoms with van der Waals surface area (Å²) in [6.07, 6.45) is -31.7. The number of phosphoric ester groups is 1. The van der Waals surface area contributed by atoms with Gasteiger partial charge in [0.05, 0.1) is 13.2 Å². The number of carboxylic acids is 1. The third-order valence-electron chi connectivity index (χ3n) is 7.63. The van der Waals surface area contributed by atoms with Crippen molar-refractivity contribution < 1.29 is 162 Å². The predicted octanol–water partition coefficient (Wildman–Crippen LogP) is 8.81. The maximum Gasteiger partial charge on any atom is 0.472 e. The Kier molecular flexibility index (Phi) is 18.5. The molecule has 0 saturated carbocycles. The maximum absolute atomic E-state index is 14.0. The van der Waals surface area contributed by atoms with Gasteiger partial charge in [0.2, 0.25) is 0 Å². The molecule has 0 rings (SSSR count). The van der Waals surface area contributed by atoms with Gasteiger partial charge >= 0.3 is 97.3 Å². The van der Waals surface area contributed by atoms with Gasteiger partial charge in [0, 0.05) is 25.7 Å². The third-order valence-corrected chi connectivity index (χ3v) is 8.58. The summed E-state index contributed by atoms with van der Waals surface area (Å²) in [5, 5.41) is 8.63. The molecule has 0 radical (unpaired) electrons. The van der Waals surface area contributed by atoms with Crippen LogP contribution in [0.2, 0.25) is 0 Å². The van der Waals surface area contributed by atoms with Crippen LogP contribution in [0.3, 0.4) is 0 Å². The Morgan fingerprint density at radius 1 is 0.484 bits per heavy atom. The molecule has 0 aliphatic heterocycles. The van der Waals surface area contributed by atoms with Gasteiger partial charge in [-0.25, -0.2) is 4.57 Å². The number of carboxylic acid groups (broad SMARTS) is 1. The highest BCUT2D eigenvalue weighted by molar-refractivity contribution is 7.47. The molecule has 0 aromatic heterocycles. The normalized spacial score (nSPS) is 16.8. The van der Waals surface area contributed by atoms with E-state index in [4.69, 9.17) is 10.8 Å². The van der Waals surface area contributed by atoms with Crippen molar-refractivity contribution >= 4 is 25.7 Å². The van der Waals surface area contributed by atoms with Gasteiger partial charge in [0.25, 0.3) is 0 Å². The van der Waals surface area contributed by atoms with Crippen molar-refractivity contribution in [2.45, 2.75) is 122 Å². The van der Waals surface area contributed by atoms with Crippen LogP contribution in [-0.4, -0.2) is 131 Å². The molecule has 0 spiro atoms. The molecule has 0 bridgehead atoms. The first kappa shape index (κ1) is 60.7. The monoisotopic (exact) mass is 1040 g/mol. The molecule has 3 atom stereocenters. The van der Waals surface area contributed by atoms with Crippen molar-refractivity contribution in [2.24, 2.45) is 5.73 Å². The lowest BCUT2D eigenvalue weighted by Crippen LogP contribution is -2.70. The Balaban J connectivity index is 6.09. The Labute approximate surface area is 336 Å². The molecular weight excluding hydrogens is 1010 g/mol. The zero-order chi connectivity index (χ0) is 51.6. The number of hydrogen-bond donors (Lipinski definition) is 3. The molecule has 4 N–H and O–H groups in total. The van der Waals surface area contributed by atoms with Crippen LogP contribution in [0.4, 0.5) is 114 Å². The zero-order valence-corrected chi connectivity index (χ0v) is 30.9. The second-order valence-corrected chi connectivity index (χ2v) is 14.0. The summed E-state index contributed by atoms with van der Waals surface area (Å²) in [5.41, 5.74) is 4.95. The first-order valence-corrected chi connectivity index (χ1v) is 17.3. The van der Waals surface area contributed by atoms with Gasteiger partial charge in [0.1, 0.15) is 12.6 Å². The van der Waals surface area contributed by atoms with E-state index < -0.39 is 168 Å². The molecule has 0 saturated heterocycles. The van der Waals surface area contributed by atoms with E-state index in [1.54, 1.807) is 0 Å². The van der Waals surface area contributed by atoms with E-state index in [9.17, 15) is 138 Å². The van der Waals surface area contributed by atoms with Crippen LogP contribution in [0.15, 0.2) is 0 Å². The summed E-state index contributed by atoms with van der Waals surface area (Å²) >= 11 is 0. The Morgan fingerprint density at radius 3 is 1.12 bits per heavy atom. The predicted molar refractivity (Wildman–Crippen MR) is 147 cm³/mol. The minimum absolute atomic E-state index is 1.40. The first-order valence-electron chi connectivity index (χ1n) is 15.8. The lowest BCUT2D eigenvalue weighted by atomic mass is 9.91. The molecule has 0 aliphatic carbocycles. The number of carbonyl (C=O) groups excluding carboxylic acids is 2. The molecule has 3 unspecified atom stereocenters. The number of esters is 2. The SMILES string of the molecule is NC(COP(=O)(O)OCC(COC(=O)CCCC(F)(F)C(F)(F)C(F)(F)C(F)(F)C(F)(F)C(F)(F)F)OC(=O)CCCC(F)(F)C(F)(F)C(F)(F)C(F)(F)C(F)(F)C(F)(F)F)C(=O)O. The standard InChI is InChI=1S/C26H24F26NO10P/c27-15(28,17(31,32)19(35,36)21(39,40)23(43,44)25(47,48)49)5-1-3-12(54)60-7-10(8-61-64(58,59)62-9-11(53)14(56)57)63-13(55)4-2-6-16(29,30)18(33,34)20(37,38)22(41,42)24(45,46)26(50,51)52/h10-11H,1-9,53H2,(H,56,57)(H,58,59). The van der Waals surface area contributed by atoms with Crippen molar-refractivity contribution in [3.05, 3.63) is 0 Å². The number of hydrogen-bond acceptors (Lipinski definition) is 9. The largest absolute Gasteiger partial charge is 0.480 e. The summed E-state index contributed by atoms with van der Waals surface area (Å²) in [6.45, 7) is -4.95. The lowest BCUT2D eigenvalue weighted by molar-refractivity contribution is -0.440. The van der Waals surface area contributed by atoms with Gasteiger partial charge in [-0.3, -0.25) is 23.4 Å². The highest BCUT2D eigenvalue weighted by atomic mass is 31.2. The van der Waals surface area contributed by atoms with E-state index in [1.807, 2.05) is 0 Å². The highest BCUT2D eigenvalue weighted by Gasteiger charge is 2.92. The number of ether oxygens (including phenoxy) is 2. The zero-order valence-electron chi connectivity index (χ0n) is 30.0. The second kappa shape index (κ2) is 19.5. The number of phosphoric acid groups is 1. The topological polar surface area (TPSA) is 172 Å². The Hall–Kier alpha value is -3.34. The number of rotatable bonds is 26. The van der Waals surface area contributed by atoms with Gasteiger partial charge in [-0.2, -0.15) is 114 Å². The van der Waals surface area contributed by atoms with Crippen molar-refractivity contribution in [1.82, 2.24) is 0 Å². The minimum Gasteiger partial charge on any atom is -0.480 e. The summed E-state index contributed by atoms with van der Waals surface area (Å²) in [4.78, 5) is 44.4. The van der Waals surface area contributed by atoms with E-state index >= 15 is 0 Å². The van der Waals surface area contributed by atoms with Crippen molar-refractivity contribution in [2.75, 3.05) is 19.8 Å². The van der Waals surface area contributed by atoms with Crippen LogP contribution >= 0.6 is 7.82 Å². The van der Waals surface area contributed by atoms with E-state index in [0.717, 1.165) is 0 Å². The third kappa shape index (κ3) is 12.4. The summed E-state index contributed by atoms with van der Waals surface area (Å²) in [6, 6.07) is -2.10. The number of halogens is 26. The molecule has 0 aliphatic rings. The van der Waals surface area contributed by atoms with E-state index in [0.29, 0.717) is 0 Å². The maximum atomic E-state index is 14.0. The molecule has 0 aromatic rings. The summed E-state index contributed by atoms with van der Waals surface area (Å²) in [7, 11) is -5.64. The number of aliphatic carboxylic acids is 1. The van der Waals surface area contributed by atoms with Crippen molar-refractivity contribution in [1.29, 1.82) is 0 Å². The molecule has 380 valence electrons. The fraction of sp³-hybridized carbons (Fsp3) is 0.885. The van der Waals surface area contributed by atoms with Gasteiger partial charge in [-0.15, -0.1) is 0 Å². The number of alkyl halides is 26. The molecule has 11 nitrogen and oxygen atoms in total. The van der Waals surface area contributed by atoms with E-state index in [2.05, 4.69) is 18.5 Å². The van der Waals surface area contributed by atoms with Crippen molar-refractivity contribution in [3.8, 4) is 0 Å². The minimum atomic E-state index is -8.29. The molecule has 0 amide bonds. The Bertz CT molecular complexity index is 1670. The molecule has 0 heterocycles. The van der Waals surface area contributed by atoms with Crippen LogP contribution in [-0.2, 0) is 37.5 Å². The van der Waals surface area contributed by atoms with Gasteiger partial charge in [-0.1, -0.05) is 0 Å². The molecule has 64 heavy (non-hydrogen) atoms. The summed E-state index contributed by atoms with van der Waals surface area (Å²) < 4.78 is 374. The van der Waals surface area contributed by atoms with Crippen LogP contribution in [0.25, 0.3) is 0 Å². The highest BCUT2D eigenvalue weighted by Crippen LogP contribution is 2.62. The first-order chi connectivity index (χ1) is 27.9. The van der Waals surface area contributed by atoms with Crippen LogP contribution in [0.5, 0.6) is 0 Å². The molecule has 38 heteroatoms. The molecule has 0 fully saturated rings. The lowest BCUT2D eigenvalue weighted by Gasteiger charge is -2.39. The number of nitrogens with two attached hydrogens (primary N) is 1. The number of carbonyl (C=O) groups is 3. The van der Waals surface area contributed by atoms with Gasteiger partial charge < -0.3 is 25.2 Å². The fourth-order valence-corrected chi connectivity index (χ4v) is 4.69. The quantitative estimate of drug-likeness (QED) is 0.0430. The fourth-order valence-electron chi connectivity index (χ4n) is 3.91.